The number of benzene rings is 2. The van der Waals surface area contributed by atoms with Gasteiger partial charge in [0.15, 0.2) is 0 Å². The third-order valence-electron chi connectivity index (χ3n) is 12.4. The lowest BCUT2D eigenvalue weighted by Crippen LogP contribution is -2.24. The Bertz CT molecular complexity index is 1130. The molecule has 6 rings (SSSR count). The van der Waals surface area contributed by atoms with Gasteiger partial charge in [-0.2, -0.15) is 0 Å². The summed E-state index contributed by atoms with van der Waals surface area (Å²) in [5, 5.41) is 0. The Morgan fingerprint density at radius 1 is 0.442 bits per heavy atom. The van der Waals surface area contributed by atoms with Gasteiger partial charge in [-0.25, -0.2) is 13.2 Å². The molecule has 4 saturated carbocycles. The second-order valence-electron chi connectivity index (χ2n) is 15.4. The maximum absolute atomic E-state index is 13.8. The molecule has 0 aliphatic heterocycles. The molecule has 0 heterocycles. The fourth-order valence-electron chi connectivity index (χ4n) is 9.13. The minimum Gasteiger partial charge on any atom is -0.207 e. The van der Waals surface area contributed by atoms with Crippen molar-refractivity contribution >= 4 is 0 Å². The van der Waals surface area contributed by atoms with Gasteiger partial charge in [-0.05, 0) is 173 Å². The largest absolute Gasteiger partial charge is 0.207 e. The number of halogens is 3. The Morgan fingerprint density at radius 2 is 0.791 bits per heavy atom. The van der Waals surface area contributed by atoms with Crippen LogP contribution in [0.5, 0.6) is 0 Å². The van der Waals surface area contributed by atoms with Gasteiger partial charge in [0.05, 0.1) is 0 Å². The van der Waals surface area contributed by atoms with Gasteiger partial charge in [0.1, 0.15) is 17.5 Å². The van der Waals surface area contributed by atoms with E-state index in [-0.39, 0.29) is 11.4 Å². The molecule has 4 fully saturated rings. The highest BCUT2D eigenvalue weighted by atomic mass is 19.1. The van der Waals surface area contributed by atoms with Gasteiger partial charge in [0.25, 0.3) is 0 Å². The van der Waals surface area contributed by atoms with Crippen LogP contribution in [0.2, 0.25) is 0 Å². The van der Waals surface area contributed by atoms with Crippen molar-refractivity contribution < 1.29 is 13.2 Å². The number of aryl methyl sites for hydroxylation is 1. The summed E-state index contributed by atoms with van der Waals surface area (Å²) in [6.07, 6.45) is 21.3. The average Bonchev–Trinajstić information content (AvgIpc) is 3.02. The average molecular weight is 595 g/mol. The lowest BCUT2D eigenvalue weighted by Gasteiger charge is -2.37. The quantitative estimate of drug-likeness (QED) is 0.330. The number of hydrogen-bond acceptors (Lipinski definition) is 0. The summed E-state index contributed by atoms with van der Waals surface area (Å²) >= 11 is 0. The zero-order valence-electron chi connectivity index (χ0n) is 27.5. The van der Waals surface area contributed by atoms with Crippen LogP contribution in [0.15, 0.2) is 30.3 Å². The van der Waals surface area contributed by atoms with E-state index in [1.54, 1.807) is 18.2 Å². The summed E-state index contributed by atoms with van der Waals surface area (Å²) in [5.74, 6) is 5.68. The van der Waals surface area contributed by atoms with Crippen molar-refractivity contribution in [1.29, 1.82) is 0 Å². The molecule has 0 bridgehead atoms. The lowest BCUT2D eigenvalue weighted by molar-refractivity contribution is 0.165. The predicted molar refractivity (Wildman–Crippen MR) is 174 cm³/mol. The van der Waals surface area contributed by atoms with E-state index in [2.05, 4.69) is 19.9 Å². The van der Waals surface area contributed by atoms with E-state index in [1.807, 2.05) is 13.0 Å². The maximum atomic E-state index is 13.8. The summed E-state index contributed by atoms with van der Waals surface area (Å²) in [7, 11) is 0. The van der Waals surface area contributed by atoms with Crippen LogP contribution >= 0.6 is 0 Å². The standard InChI is InChI=1S/C20H28F2.C20H29F/c1-13-3-5-15(6-4-13)16-7-9-17(10-8-16)18-11-19(21)14(2)20(22)12-18;1-14-3-6-16(7-4-14)17-9-11-18(12-10-17)19-8-5-15(2)20(21)13-19/h11-13,15-17H,3-10H2,1-2H3;5,8,13-14,16-18H,3-4,6-7,9-12H2,1-2H3. The molecule has 3 heteroatoms. The first kappa shape index (κ1) is 32.6. The third-order valence-corrected chi connectivity index (χ3v) is 12.4. The van der Waals surface area contributed by atoms with Gasteiger partial charge < -0.3 is 0 Å². The molecular formula is C40H57F3. The molecule has 0 radical (unpaired) electrons. The van der Waals surface area contributed by atoms with Crippen LogP contribution in [0.1, 0.15) is 151 Å². The molecule has 0 atom stereocenters. The molecule has 0 amide bonds. The highest BCUT2D eigenvalue weighted by Crippen LogP contribution is 2.45. The first-order chi connectivity index (χ1) is 20.7. The van der Waals surface area contributed by atoms with Gasteiger partial charge >= 0.3 is 0 Å². The number of rotatable bonds is 4. The van der Waals surface area contributed by atoms with Crippen LogP contribution in [0.4, 0.5) is 13.2 Å². The van der Waals surface area contributed by atoms with E-state index in [0.717, 1.165) is 59.5 Å². The van der Waals surface area contributed by atoms with Crippen LogP contribution in [0.3, 0.4) is 0 Å². The Morgan fingerprint density at radius 3 is 1.19 bits per heavy atom. The Kier molecular flexibility index (Phi) is 11.4. The van der Waals surface area contributed by atoms with Crippen molar-refractivity contribution in [3.63, 3.8) is 0 Å². The topological polar surface area (TPSA) is 0 Å². The zero-order valence-corrected chi connectivity index (χ0v) is 27.5. The van der Waals surface area contributed by atoms with E-state index in [9.17, 15) is 13.2 Å². The molecule has 0 unspecified atom stereocenters. The first-order valence-electron chi connectivity index (χ1n) is 17.9. The summed E-state index contributed by atoms with van der Waals surface area (Å²) in [6, 6.07) is 8.99. The van der Waals surface area contributed by atoms with E-state index in [1.165, 1.54) is 102 Å². The Hall–Kier alpha value is -1.77. The normalized spacial score (nSPS) is 33.4. The highest BCUT2D eigenvalue weighted by Gasteiger charge is 2.32. The summed E-state index contributed by atoms with van der Waals surface area (Å²) < 4.78 is 41.3. The molecule has 0 N–H and O–H groups in total. The Balaban J connectivity index is 0.000000171. The van der Waals surface area contributed by atoms with E-state index < -0.39 is 11.6 Å². The minimum absolute atomic E-state index is 0.0316. The molecular weight excluding hydrogens is 537 g/mol. The third kappa shape index (κ3) is 8.49. The van der Waals surface area contributed by atoms with Crippen molar-refractivity contribution in [2.24, 2.45) is 35.5 Å². The second-order valence-corrected chi connectivity index (χ2v) is 15.4. The van der Waals surface area contributed by atoms with Crippen molar-refractivity contribution in [2.75, 3.05) is 0 Å². The zero-order chi connectivity index (χ0) is 30.5. The molecule has 0 aromatic heterocycles. The monoisotopic (exact) mass is 594 g/mol. The van der Waals surface area contributed by atoms with Gasteiger partial charge in [0, 0.05) is 5.56 Å². The number of hydrogen-bond donors (Lipinski definition) is 0. The van der Waals surface area contributed by atoms with E-state index in [4.69, 9.17) is 0 Å². The molecule has 4 aliphatic carbocycles. The second kappa shape index (κ2) is 15.0. The maximum Gasteiger partial charge on any atom is 0.129 e. The van der Waals surface area contributed by atoms with Crippen LogP contribution in [-0.2, 0) is 0 Å². The minimum atomic E-state index is -0.390. The summed E-state index contributed by atoms with van der Waals surface area (Å²) in [6.45, 7) is 8.13. The molecule has 2 aromatic rings. The highest BCUT2D eigenvalue weighted by molar-refractivity contribution is 5.28. The molecule has 0 spiro atoms. The van der Waals surface area contributed by atoms with Crippen LogP contribution in [0, 0.1) is 66.8 Å². The molecule has 0 nitrogen and oxygen atoms in total. The SMILES string of the molecule is Cc1c(F)cc(C2CCC(C3CCC(C)CC3)CC2)cc1F.Cc1ccc(C2CCC(C3CCC(C)CC3)CC2)cc1F. The van der Waals surface area contributed by atoms with Gasteiger partial charge in [0.2, 0.25) is 0 Å². The molecule has 43 heavy (non-hydrogen) atoms. The van der Waals surface area contributed by atoms with Gasteiger partial charge in [-0.15, -0.1) is 0 Å². The van der Waals surface area contributed by atoms with E-state index >= 15 is 0 Å². The molecule has 0 saturated heterocycles. The van der Waals surface area contributed by atoms with Crippen molar-refractivity contribution in [3.05, 3.63) is 70.0 Å². The smallest absolute Gasteiger partial charge is 0.129 e. The van der Waals surface area contributed by atoms with E-state index in [0.29, 0.717) is 11.8 Å². The summed E-state index contributed by atoms with van der Waals surface area (Å²) in [5.41, 5.74) is 3.02. The Labute approximate surface area is 260 Å². The first-order valence-corrected chi connectivity index (χ1v) is 17.9. The predicted octanol–water partition coefficient (Wildman–Crippen LogP) is 12.6. The fraction of sp³-hybridized carbons (Fsp3) is 0.700. The summed E-state index contributed by atoms with van der Waals surface area (Å²) in [4.78, 5) is 0. The van der Waals surface area contributed by atoms with Crippen molar-refractivity contribution in [1.82, 2.24) is 0 Å². The van der Waals surface area contributed by atoms with Gasteiger partial charge in [-0.3, -0.25) is 0 Å². The van der Waals surface area contributed by atoms with Crippen molar-refractivity contribution in [2.45, 2.75) is 142 Å². The van der Waals surface area contributed by atoms with Crippen LogP contribution in [0.25, 0.3) is 0 Å². The molecule has 4 aliphatic rings. The molecule has 238 valence electrons. The van der Waals surface area contributed by atoms with Gasteiger partial charge in [-0.1, -0.05) is 51.7 Å². The molecule has 2 aromatic carbocycles. The fourth-order valence-corrected chi connectivity index (χ4v) is 9.13. The van der Waals surface area contributed by atoms with Crippen molar-refractivity contribution in [3.8, 4) is 0 Å². The van der Waals surface area contributed by atoms with Crippen LogP contribution in [-0.4, -0.2) is 0 Å². The lowest BCUT2D eigenvalue weighted by atomic mass is 9.68. The van der Waals surface area contributed by atoms with Crippen LogP contribution < -0.4 is 0 Å².